The Balaban J connectivity index is 1.28. The molecule has 0 spiro atoms. The third-order valence-corrected chi connectivity index (χ3v) is 22.6. The predicted octanol–water partition coefficient (Wildman–Crippen LogP) is 5.80. The zero-order valence-electron chi connectivity index (χ0n) is 23.5. The average molecular weight is 629 g/mol. The minimum Gasteiger partial charge on any atom is -0.250 e. The van der Waals surface area contributed by atoms with E-state index in [4.69, 9.17) is 18.1 Å². The molecule has 0 unspecified atom stereocenters. The van der Waals surface area contributed by atoms with Crippen LogP contribution in [0, 0.1) is 0 Å². The highest BCUT2D eigenvalue weighted by molar-refractivity contribution is 7.84. The van der Waals surface area contributed by atoms with Gasteiger partial charge in [-0.1, -0.05) is 0 Å². The van der Waals surface area contributed by atoms with Crippen LogP contribution in [0.3, 0.4) is 0 Å². The number of nitrogens with one attached hydrogen (secondary N) is 8. The smallest absolute Gasteiger partial charge is 0.216 e. The van der Waals surface area contributed by atoms with Gasteiger partial charge in [0, 0.05) is 48.3 Å². The predicted molar refractivity (Wildman–Crippen MR) is 167 cm³/mol. The number of hydrogen-bond acceptors (Lipinski definition) is 12. The lowest BCUT2D eigenvalue weighted by Crippen LogP contribution is -2.33. The van der Waals surface area contributed by atoms with Crippen LogP contribution in [0.15, 0.2) is 18.1 Å². The molecule has 0 radical (unpaired) electrons. The minimum absolute atomic E-state index is 0.493. The summed E-state index contributed by atoms with van der Waals surface area (Å²) in [5, 5.41) is 32.6. The molecule has 8 aliphatic carbocycles. The minimum atomic E-state index is -2.53. The van der Waals surface area contributed by atoms with Crippen LogP contribution in [0.25, 0.3) is 0 Å². The van der Waals surface area contributed by atoms with Gasteiger partial charge in [0.25, 0.3) is 0 Å². The van der Waals surface area contributed by atoms with Gasteiger partial charge in [-0.05, 0) is 103 Å². The van der Waals surface area contributed by atoms with E-state index in [-0.39, 0.29) is 0 Å². The molecule has 8 fully saturated rings. The Hall–Kier alpha value is 0.600. The van der Waals surface area contributed by atoms with Crippen LogP contribution in [0.2, 0.25) is 0 Å². The Morgan fingerprint density at radius 2 is 0.375 bits per heavy atom. The fraction of sp³-hybridized carbons (Fsp3) is 1.00. The zero-order chi connectivity index (χ0) is 26.4. The van der Waals surface area contributed by atoms with Crippen molar-refractivity contribution >= 4 is 30.0 Å². The Kier molecular flexibility index (Phi) is 6.78. The van der Waals surface area contributed by atoms with Crippen molar-refractivity contribution in [3.05, 3.63) is 0 Å². The fourth-order valence-electron chi connectivity index (χ4n) is 5.12. The molecule has 12 nitrogen and oxygen atoms in total. The Morgan fingerprint density at radius 1 is 0.250 bits per heavy atom. The van der Waals surface area contributed by atoms with Crippen LogP contribution < -0.4 is 40.7 Å². The van der Waals surface area contributed by atoms with Crippen LogP contribution in [0.4, 0.5) is 0 Å². The van der Waals surface area contributed by atoms with E-state index in [1.54, 1.807) is 0 Å². The third-order valence-electron chi connectivity index (χ3n) is 8.56. The van der Waals surface area contributed by atoms with E-state index in [9.17, 15) is 0 Å². The van der Waals surface area contributed by atoms with Crippen molar-refractivity contribution in [2.24, 2.45) is 18.1 Å². The van der Waals surface area contributed by atoms with Gasteiger partial charge in [-0.3, -0.25) is 40.7 Å². The van der Waals surface area contributed by atoms with Crippen molar-refractivity contribution < 1.29 is 0 Å². The molecular formula is C24H48N12P4. The molecular weight excluding hydrogens is 580 g/mol. The lowest BCUT2D eigenvalue weighted by atomic mass is 10.8. The maximum Gasteiger partial charge on any atom is 0.216 e. The average Bonchev–Trinajstić information content (AvgIpc) is 3.65. The Labute approximate surface area is 239 Å². The lowest BCUT2D eigenvalue weighted by molar-refractivity contribution is 0.836. The largest absolute Gasteiger partial charge is 0.250 e. The second-order valence-corrected chi connectivity index (χ2v) is 23.7. The standard InChI is InChI=1S/C24H48N12P4/c1-2-17(1)25-37(26-18-3-4-18)33-38(27-19-5-6-19,28-20-7-8-20)35-40(31-23-13-14-23,32-24-15-16-24)36-39(34-37,29-21-9-10-21)30-22-11-12-22/h17-32H,1-16H2. The van der Waals surface area contributed by atoms with Gasteiger partial charge in [-0.15, -0.1) is 0 Å². The molecule has 9 aliphatic rings. The van der Waals surface area contributed by atoms with Gasteiger partial charge >= 0.3 is 0 Å². The lowest BCUT2D eigenvalue weighted by Gasteiger charge is -2.38. The maximum atomic E-state index is 6.00. The summed E-state index contributed by atoms with van der Waals surface area (Å²) >= 11 is 0. The summed E-state index contributed by atoms with van der Waals surface area (Å²) in [4.78, 5) is 0. The second-order valence-electron chi connectivity index (χ2n) is 14.0. The first-order valence-corrected chi connectivity index (χ1v) is 23.0. The molecule has 1 aliphatic heterocycles. The molecule has 1 heterocycles. The molecule has 0 amide bonds. The number of rotatable bonds is 16. The summed E-state index contributed by atoms with van der Waals surface area (Å²) in [5.74, 6) is 0. The van der Waals surface area contributed by atoms with Crippen LogP contribution in [-0.2, 0) is 0 Å². The fourth-order valence-corrected chi connectivity index (χ4v) is 22.7. The van der Waals surface area contributed by atoms with E-state index in [0.717, 1.165) is 0 Å². The Bertz CT molecular complexity index is 966. The molecule has 40 heavy (non-hydrogen) atoms. The maximum absolute atomic E-state index is 6.00. The summed E-state index contributed by atoms with van der Waals surface area (Å²) in [6, 6.07) is 3.95. The van der Waals surface area contributed by atoms with Crippen molar-refractivity contribution in [3.63, 3.8) is 0 Å². The van der Waals surface area contributed by atoms with Gasteiger partial charge in [-0.25, -0.2) is 0 Å². The SMILES string of the molecule is C1CC1NP1(NC2CC2)=NP(NC2CC2)(NC2CC2)=NP(NC2CC2)(NC2CC2)=NP(NC2CC2)(NC2CC2)=N1. The molecule has 0 saturated heterocycles. The van der Waals surface area contributed by atoms with Crippen molar-refractivity contribution in [2.75, 3.05) is 0 Å². The van der Waals surface area contributed by atoms with E-state index in [1.165, 1.54) is 103 Å². The molecule has 0 bridgehead atoms. The molecule has 224 valence electrons. The normalized spacial score (nSPS) is 34.0. The van der Waals surface area contributed by atoms with Crippen molar-refractivity contribution in [3.8, 4) is 0 Å². The molecule has 0 aromatic heterocycles. The van der Waals surface area contributed by atoms with E-state index in [2.05, 4.69) is 40.7 Å². The molecule has 0 aromatic rings. The number of hydrogen-bond donors (Lipinski definition) is 8. The first-order chi connectivity index (χ1) is 19.5. The van der Waals surface area contributed by atoms with Gasteiger partial charge < -0.3 is 0 Å². The first kappa shape index (κ1) is 27.0. The van der Waals surface area contributed by atoms with Crippen molar-refractivity contribution in [1.82, 2.24) is 40.7 Å². The Morgan fingerprint density at radius 3 is 0.475 bits per heavy atom. The molecule has 8 N–H and O–H groups in total. The molecule has 8 saturated carbocycles. The highest BCUT2D eigenvalue weighted by atomic mass is 31.3. The summed E-state index contributed by atoms with van der Waals surface area (Å²) in [6.07, 6.45) is 19.4. The third kappa shape index (κ3) is 6.95. The van der Waals surface area contributed by atoms with Gasteiger partial charge in [0.05, 0.1) is 0 Å². The topological polar surface area (TPSA) is 146 Å². The summed E-state index contributed by atoms with van der Waals surface area (Å²) in [7, 11) is -10.1. The molecule has 9 rings (SSSR count). The van der Waals surface area contributed by atoms with Gasteiger partial charge in [-0.2, -0.15) is 18.1 Å². The van der Waals surface area contributed by atoms with Gasteiger partial charge in [0.1, 0.15) is 0 Å². The summed E-state index contributed by atoms with van der Waals surface area (Å²) < 4.78 is 24.0. The van der Waals surface area contributed by atoms with Gasteiger partial charge in [0.15, 0.2) is 0 Å². The van der Waals surface area contributed by atoms with Crippen LogP contribution >= 0.6 is 30.0 Å². The zero-order valence-corrected chi connectivity index (χ0v) is 27.1. The number of nitrogens with zero attached hydrogens (tertiary/aromatic N) is 4. The van der Waals surface area contributed by atoms with E-state index >= 15 is 0 Å². The monoisotopic (exact) mass is 628 g/mol. The molecule has 0 aromatic carbocycles. The van der Waals surface area contributed by atoms with E-state index in [0.29, 0.717) is 48.3 Å². The first-order valence-electron chi connectivity index (χ1n) is 16.2. The van der Waals surface area contributed by atoms with E-state index in [1.807, 2.05) is 0 Å². The quantitative estimate of drug-likeness (QED) is 0.100. The van der Waals surface area contributed by atoms with Crippen LogP contribution in [-0.4, -0.2) is 48.3 Å². The van der Waals surface area contributed by atoms with Crippen molar-refractivity contribution in [2.45, 2.75) is 151 Å². The molecule has 16 heteroatoms. The second kappa shape index (κ2) is 10.1. The van der Waals surface area contributed by atoms with Gasteiger partial charge in [0.2, 0.25) is 30.0 Å². The van der Waals surface area contributed by atoms with Crippen molar-refractivity contribution in [1.29, 1.82) is 0 Å². The summed E-state index contributed by atoms with van der Waals surface area (Å²) in [6.45, 7) is 0. The molecule has 0 atom stereocenters. The summed E-state index contributed by atoms with van der Waals surface area (Å²) in [5.41, 5.74) is 0. The highest BCUT2D eigenvalue weighted by Gasteiger charge is 2.48. The van der Waals surface area contributed by atoms with Crippen LogP contribution in [0.5, 0.6) is 0 Å². The highest BCUT2D eigenvalue weighted by Crippen LogP contribution is 2.74. The van der Waals surface area contributed by atoms with E-state index < -0.39 is 30.0 Å². The van der Waals surface area contributed by atoms with Crippen LogP contribution in [0.1, 0.15) is 103 Å².